The summed E-state index contributed by atoms with van der Waals surface area (Å²) in [5.41, 5.74) is 5.94. The summed E-state index contributed by atoms with van der Waals surface area (Å²) in [6, 6.07) is 3.83. The average molecular weight is 248 g/mol. The molecule has 17 heavy (non-hydrogen) atoms. The van der Waals surface area contributed by atoms with Gasteiger partial charge in [-0.15, -0.1) is 0 Å². The highest BCUT2D eigenvalue weighted by atomic mass is 32.1. The maximum atomic E-state index is 5.43. The van der Waals surface area contributed by atoms with Gasteiger partial charge in [-0.2, -0.15) is 0 Å². The first-order valence-electron chi connectivity index (χ1n) is 5.06. The Hall–Kier alpha value is -1.95. The van der Waals surface area contributed by atoms with Gasteiger partial charge in [-0.05, 0) is 19.1 Å². The molecule has 0 aliphatic heterocycles. The highest BCUT2D eigenvalue weighted by molar-refractivity contribution is 7.80. The number of hydrogen-bond donors (Lipinski definition) is 2. The van der Waals surface area contributed by atoms with Crippen LogP contribution in [0.4, 0.5) is 5.82 Å². The van der Waals surface area contributed by atoms with Gasteiger partial charge in [-0.25, -0.2) is 9.97 Å². The van der Waals surface area contributed by atoms with Crippen molar-refractivity contribution in [1.82, 2.24) is 9.97 Å². The van der Waals surface area contributed by atoms with Gasteiger partial charge in [0.25, 0.3) is 0 Å². The number of nitrogens with two attached hydrogens (primary N) is 1. The van der Waals surface area contributed by atoms with Gasteiger partial charge in [0, 0.05) is 0 Å². The molecule has 0 atom stereocenters. The zero-order valence-corrected chi connectivity index (χ0v) is 10.1. The Kier molecular flexibility index (Phi) is 3.34. The van der Waals surface area contributed by atoms with Gasteiger partial charge in [-0.3, -0.25) is 0 Å². The van der Waals surface area contributed by atoms with E-state index in [9.17, 15) is 0 Å². The predicted octanol–water partition coefficient (Wildman–Crippen LogP) is 1.62. The van der Waals surface area contributed by atoms with E-state index >= 15 is 0 Å². The van der Waals surface area contributed by atoms with Gasteiger partial charge < -0.3 is 15.5 Å². The van der Waals surface area contributed by atoms with E-state index in [1.165, 1.54) is 6.20 Å². The lowest BCUT2D eigenvalue weighted by atomic mass is 10.4. The summed E-state index contributed by atoms with van der Waals surface area (Å²) in [7, 11) is 0. The van der Waals surface area contributed by atoms with Gasteiger partial charge in [0.05, 0.1) is 18.9 Å². The third-order valence-electron chi connectivity index (χ3n) is 2.14. The van der Waals surface area contributed by atoms with Crippen LogP contribution in [-0.4, -0.2) is 15.0 Å². The van der Waals surface area contributed by atoms with Crippen molar-refractivity contribution in [3.05, 3.63) is 41.7 Å². The first-order chi connectivity index (χ1) is 8.15. The molecular weight excluding hydrogens is 236 g/mol. The first-order valence-corrected chi connectivity index (χ1v) is 5.47. The fraction of sp³-hybridized carbons (Fsp3) is 0.182. The van der Waals surface area contributed by atoms with Crippen LogP contribution >= 0.6 is 12.2 Å². The standard InChI is InChI=1S/C11H12N4OS/c1-7-2-3-8(16-7)4-14-10-6-13-9(5-15-10)11(12)17/h2-3,5-6H,4H2,1H3,(H2,12,17)(H,14,15). The predicted molar refractivity (Wildman–Crippen MR) is 68.7 cm³/mol. The molecule has 0 bridgehead atoms. The molecular formula is C11H12N4OS. The number of nitrogens with one attached hydrogen (secondary N) is 1. The van der Waals surface area contributed by atoms with E-state index in [0.717, 1.165) is 11.5 Å². The van der Waals surface area contributed by atoms with Crippen LogP contribution in [-0.2, 0) is 6.54 Å². The summed E-state index contributed by atoms with van der Waals surface area (Å²) in [5.74, 6) is 2.39. The van der Waals surface area contributed by atoms with Crippen molar-refractivity contribution in [2.24, 2.45) is 5.73 Å². The van der Waals surface area contributed by atoms with Crippen LogP contribution in [0.5, 0.6) is 0 Å². The summed E-state index contributed by atoms with van der Waals surface area (Å²) in [4.78, 5) is 8.45. The second-order valence-corrected chi connectivity index (χ2v) is 3.96. The van der Waals surface area contributed by atoms with Gasteiger partial charge in [0.15, 0.2) is 0 Å². The van der Waals surface area contributed by atoms with Gasteiger partial charge >= 0.3 is 0 Å². The third-order valence-corrected chi connectivity index (χ3v) is 2.35. The lowest BCUT2D eigenvalue weighted by molar-refractivity contribution is 0.490. The Bertz CT molecular complexity index is 521. The number of rotatable bonds is 4. The SMILES string of the molecule is Cc1ccc(CNc2cnc(C(N)=S)cn2)o1. The number of aryl methyl sites for hydroxylation is 1. The van der Waals surface area contributed by atoms with Crippen LogP contribution in [0.25, 0.3) is 0 Å². The molecule has 6 heteroatoms. The molecule has 0 unspecified atom stereocenters. The van der Waals surface area contributed by atoms with E-state index in [2.05, 4.69) is 15.3 Å². The lowest BCUT2D eigenvalue weighted by Gasteiger charge is -2.03. The topological polar surface area (TPSA) is 77.0 Å². The zero-order valence-electron chi connectivity index (χ0n) is 9.30. The molecule has 88 valence electrons. The van der Waals surface area contributed by atoms with E-state index in [-0.39, 0.29) is 4.99 Å². The minimum Gasteiger partial charge on any atom is -0.465 e. The van der Waals surface area contributed by atoms with Gasteiger partial charge in [0.1, 0.15) is 28.0 Å². The number of hydrogen-bond acceptors (Lipinski definition) is 5. The highest BCUT2D eigenvalue weighted by Crippen LogP contribution is 2.09. The Balaban J connectivity index is 1.97. The normalized spacial score (nSPS) is 10.2. The molecule has 0 aromatic carbocycles. The molecule has 0 aliphatic rings. The minimum absolute atomic E-state index is 0.241. The summed E-state index contributed by atoms with van der Waals surface area (Å²) in [5, 5.41) is 3.09. The summed E-state index contributed by atoms with van der Waals surface area (Å²) in [6.07, 6.45) is 3.13. The van der Waals surface area contributed by atoms with Crippen LogP contribution in [0.3, 0.4) is 0 Å². The van der Waals surface area contributed by atoms with Crippen LogP contribution in [0.1, 0.15) is 17.2 Å². The second-order valence-electron chi connectivity index (χ2n) is 3.52. The number of aromatic nitrogens is 2. The highest BCUT2D eigenvalue weighted by Gasteiger charge is 2.01. The molecule has 2 aromatic rings. The minimum atomic E-state index is 0.241. The Morgan fingerprint density at radius 3 is 2.76 bits per heavy atom. The van der Waals surface area contributed by atoms with E-state index in [0.29, 0.717) is 18.1 Å². The Morgan fingerprint density at radius 2 is 2.24 bits per heavy atom. The van der Waals surface area contributed by atoms with Gasteiger partial charge in [-0.1, -0.05) is 12.2 Å². The summed E-state index contributed by atoms with van der Waals surface area (Å²) in [6.45, 7) is 2.47. The van der Waals surface area contributed by atoms with Gasteiger partial charge in [0.2, 0.25) is 0 Å². The Morgan fingerprint density at radius 1 is 1.41 bits per heavy atom. The molecule has 5 nitrogen and oxygen atoms in total. The summed E-state index contributed by atoms with van der Waals surface area (Å²) >= 11 is 4.79. The Labute approximate surface area is 104 Å². The molecule has 0 aliphatic carbocycles. The number of nitrogens with zero attached hydrogens (tertiary/aromatic N) is 2. The smallest absolute Gasteiger partial charge is 0.144 e. The molecule has 0 fully saturated rings. The van der Waals surface area contributed by atoms with Crippen LogP contribution in [0, 0.1) is 6.92 Å². The molecule has 0 saturated heterocycles. The number of furan rings is 1. The van der Waals surface area contributed by atoms with Crippen LogP contribution in [0.15, 0.2) is 28.9 Å². The number of thiocarbonyl (C=S) groups is 1. The largest absolute Gasteiger partial charge is 0.465 e. The maximum absolute atomic E-state index is 5.43. The van der Waals surface area contributed by atoms with Crippen LogP contribution < -0.4 is 11.1 Å². The zero-order chi connectivity index (χ0) is 12.3. The first kappa shape index (κ1) is 11.5. The van der Waals surface area contributed by atoms with Crippen molar-refractivity contribution in [1.29, 1.82) is 0 Å². The van der Waals surface area contributed by atoms with E-state index < -0.39 is 0 Å². The van der Waals surface area contributed by atoms with E-state index in [1.54, 1.807) is 6.20 Å². The van der Waals surface area contributed by atoms with Crippen molar-refractivity contribution in [2.75, 3.05) is 5.32 Å². The van der Waals surface area contributed by atoms with Crippen molar-refractivity contribution < 1.29 is 4.42 Å². The van der Waals surface area contributed by atoms with Crippen LogP contribution in [0.2, 0.25) is 0 Å². The molecule has 2 rings (SSSR count). The molecule has 2 aromatic heterocycles. The summed E-state index contributed by atoms with van der Waals surface area (Å²) < 4.78 is 5.42. The van der Waals surface area contributed by atoms with E-state index in [4.69, 9.17) is 22.4 Å². The molecule has 0 spiro atoms. The third kappa shape index (κ3) is 3.01. The monoisotopic (exact) mass is 248 g/mol. The van der Waals surface area contributed by atoms with Crippen molar-refractivity contribution >= 4 is 23.0 Å². The maximum Gasteiger partial charge on any atom is 0.144 e. The lowest BCUT2D eigenvalue weighted by Crippen LogP contribution is -2.12. The molecule has 3 N–H and O–H groups in total. The number of anilines is 1. The second kappa shape index (κ2) is 4.92. The molecule has 0 radical (unpaired) electrons. The van der Waals surface area contributed by atoms with Crippen molar-refractivity contribution in [3.63, 3.8) is 0 Å². The fourth-order valence-corrected chi connectivity index (χ4v) is 1.41. The fourth-order valence-electron chi connectivity index (χ4n) is 1.30. The molecule has 0 saturated carbocycles. The quantitative estimate of drug-likeness (QED) is 0.801. The van der Waals surface area contributed by atoms with E-state index in [1.807, 2.05) is 19.1 Å². The average Bonchev–Trinajstić information content (AvgIpc) is 2.73. The molecule has 2 heterocycles. The molecule has 0 amide bonds. The van der Waals surface area contributed by atoms with Crippen molar-refractivity contribution in [3.8, 4) is 0 Å². The van der Waals surface area contributed by atoms with Crippen molar-refractivity contribution in [2.45, 2.75) is 13.5 Å².